The molecule has 1 aromatic heterocycles. The lowest BCUT2D eigenvalue weighted by atomic mass is 9.98. The third kappa shape index (κ3) is 5.82. The fraction of sp³-hybridized carbons (Fsp3) is 0.333. The molecule has 8 heteroatoms. The fourth-order valence-electron chi connectivity index (χ4n) is 4.31. The molecule has 2 aromatic carbocycles. The van der Waals surface area contributed by atoms with Gasteiger partial charge in [-0.15, -0.1) is 11.3 Å². The number of Topliss-reactive ketones (excluding diaryl/α,β-unsaturated/α-hetero) is 1. The van der Waals surface area contributed by atoms with Crippen molar-refractivity contribution in [3.05, 3.63) is 76.7 Å². The number of piperidine rings is 1. The van der Waals surface area contributed by atoms with Crippen LogP contribution in [0.4, 0.5) is 4.39 Å². The fourth-order valence-corrected chi connectivity index (χ4v) is 5.23. The summed E-state index contributed by atoms with van der Waals surface area (Å²) in [5.74, 6) is -1.38. The molecule has 6 nitrogen and oxygen atoms in total. The van der Waals surface area contributed by atoms with Crippen LogP contribution in [0.2, 0.25) is 0 Å². The van der Waals surface area contributed by atoms with Crippen LogP contribution in [0.5, 0.6) is 0 Å². The first-order valence-corrected chi connectivity index (χ1v) is 12.5. The van der Waals surface area contributed by atoms with Crippen LogP contribution in [0.15, 0.2) is 54.6 Å². The SMILES string of the molecule is Cc1nc(C(=O)N2CCCCC2CC(=O)OC(C)C(=O)c2ccccc2)c(-c2ccc(F)cc2)s1. The number of aromatic nitrogens is 1. The highest BCUT2D eigenvalue weighted by molar-refractivity contribution is 7.15. The van der Waals surface area contributed by atoms with Gasteiger partial charge in [0.15, 0.2) is 6.10 Å². The van der Waals surface area contributed by atoms with Gasteiger partial charge >= 0.3 is 5.97 Å². The Kier molecular flexibility index (Phi) is 7.70. The number of rotatable bonds is 7. The number of esters is 1. The van der Waals surface area contributed by atoms with Crippen molar-refractivity contribution in [2.24, 2.45) is 0 Å². The van der Waals surface area contributed by atoms with Gasteiger partial charge in [0.2, 0.25) is 5.78 Å². The normalized spacial score (nSPS) is 16.5. The predicted molar refractivity (Wildman–Crippen MR) is 132 cm³/mol. The van der Waals surface area contributed by atoms with Crippen LogP contribution in [-0.2, 0) is 9.53 Å². The van der Waals surface area contributed by atoms with Gasteiger partial charge < -0.3 is 9.64 Å². The number of hydrogen-bond acceptors (Lipinski definition) is 6. The minimum atomic E-state index is -0.913. The van der Waals surface area contributed by atoms with Gasteiger partial charge in [-0.05, 0) is 50.8 Å². The van der Waals surface area contributed by atoms with Gasteiger partial charge in [0.1, 0.15) is 11.5 Å². The van der Waals surface area contributed by atoms with E-state index in [1.807, 2.05) is 13.0 Å². The summed E-state index contributed by atoms with van der Waals surface area (Å²) in [5, 5.41) is 0.730. The zero-order valence-corrected chi connectivity index (χ0v) is 20.5. The molecule has 4 rings (SSSR count). The number of ether oxygens (including phenoxy) is 1. The number of carbonyl (C=O) groups is 3. The van der Waals surface area contributed by atoms with E-state index < -0.39 is 12.1 Å². The molecule has 182 valence electrons. The second-order valence-electron chi connectivity index (χ2n) is 8.63. The lowest BCUT2D eigenvalue weighted by Crippen LogP contribution is -2.45. The molecule has 0 spiro atoms. The van der Waals surface area contributed by atoms with Crippen LogP contribution < -0.4 is 0 Å². The van der Waals surface area contributed by atoms with E-state index in [0.717, 1.165) is 23.4 Å². The molecule has 1 amide bonds. The molecule has 0 radical (unpaired) electrons. The zero-order valence-electron chi connectivity index (χ0n) is 19.7. The average molecular weight is 495 g/mol. The minimum absolute atomic E-state index is 0.00709. The lowest BCUT2D eigenvalue weighted by Gasteiger charge is -2.35. The Morgan fingerprint density at radius 1 is 1.11 bits per heavy atom. The molecule has 0 bridgehead atoms. The Labute approximate surface area is 207 Å². The summed E-state index contributed by atoms with van der Waals surface area (Å²) in [6.07, 6.45) is 1.48. The number of aryl methyl sites for hydroxylation is 1. The van der Waals surface area contributed by atoms with Crippen molar-refractivity contribution in [1.82, 2.24) is 9.88 Å². The summed E-state index contributed by atoms with van der Waals surface area (Å²) in [5.41, 5.74) is 1.52. The van der Waals surface area contributed by atoms with Gasteiger partial charge in [-0.2, -0.15) is 0 Å². The maximum absolute atomic E-state index is 13.6. The highest BCUT2D eigenvalue weighted by Crippen LogP contribution is 2.33. The average Bonchev–Trinajstić information content (AvgIpc) is 3.26. The Morgan fingerprint density at radius 3 is 2.54 bits per heavy atom. The summed E-state index contributed by atoms with van der Waals surface area (Å²) in [4.78, 5) is 45.7. The number of halogens is 1. The van der Waals surface area contributed by atoms with Gasteiger partial charge in [-0.1, -0.05) is 42.5 Å². The largest absolute Gasteiger partial charge is 0.454 e. The van der Waals surface area contributed by atoms with Crippen LogP contribution in [0, 0.1) is 12.7 Å². The first kappa shape index (κ1) is 24.7. The van der Waals surface area contributed by atoms with Crippen molar-refractivity contribution in [2.75, 3.05) is 6.54 Å². The van der Waals surface area contributed by atoms with Gasteiger partial charge in [-0.3, -0.25) is 14.4 Å². The minimum Gasteiger partial charge on any atom is -0.454 e. The topological polar surface area (TPSA) is 76.6 Å². The number of nitrogens with zero attached hydrogens (tertiary/aromatic N) is 2. The summed E-state index contributed by atoms with van der Waals surface area (Å²) in [7, 11) is 0. The van der Waals surface area contributed by atoms with Gasteiger partial charge in [0.25, 0.3) is 5.91 Å². The number of ketones is 1. The van der Waals surface area contributed by atoms with Crippen molar-refractivity contribution in [1.29, 1.82) is 0 Å². The molecule has 2 atom stereocenters. The van der Waals surface area contributed by atoms with Gasteiger partial charge in [-0.25, -0.2) is 9.37 Å². The maximum Gasteiger partial charge on any atom is 0.308 e. The van der Waals surface area contributed by atoms with Crippen LogP contribution in [0.25, 0.3) is 10.4 Å². The lowest BCUT2D eigenvalue weighted by molar-refractivity contribution is -0.147. The summed E-state index contributed by atoms with van der Waals surface area (Å²) in [6.45, 7) is 3.89. The molecular formula is C27H27FN2O4S. The Bertz CT molecular complexity index is 1210. The van der Waals surface area contributed by atoms with Crippen molar-refractivity contribution in [3.63, 3.8) is 0 Å². The van der Waals surface area contributed by atoms with E-state index in [2.05, 4.69) is 4.98 Å². The van der Waals surface area contributed by atoms with E-state index in [-0.39, 0.29) is 30.0 Å². The summed E-state index contributed by atoms with van der Waals surface area (Å²) >= 11 is 1.38. The molecular weight excluding hydrogens is 467 g/mol. The number of thiazole rings is 1. The van der Waals surface area contributed by atoms with Crippen LogP contribution >= 0.6 is 11.3 Å². The number of likely N-dealkylation sites (tertiary alicyclic amines) is 1. The summed E-state index contributed by atoms with van der Waals surface area (Å²) < 4.78 is 18.9. The number of carbonyl (C=O) groups excluding carboxylic acids is 3. The van der Waals surface area contributed by atoms with Crippen molar-refractivity contribution < 1.29 is 23.5 Å². The molecule has 1 aliphatic rings. The van der Waals surface area contributed by atoms with Crippen LogP contribution in [0.3, 0.4) is 0 Å². The maximum atomic E-state index is 13.6. The Hall–Kier alpha value is -3.39. The molecule has 3 aromatic rings. The number of hydrogen-bond donors (Lipinski definition) is 0. The molecule has 0 saturated carbocycles. The first-order chi connectivity index (χ1) is 16.8. The molecule has 0 aliphatic carbocycles. The Balaban J connectivity index is 1.47. The predicted octanol–water partition coefficient (Wildman–Crippen LogP) is 5.46. The third-order valence-electron chi connectivity index (χ3n) is 6.07. The second-order valence-corrected chi connectivity index (χ2v) is 9.84. The first-order valence-electron chi connectivity index (χ1n) is 11.7. The van der Waals surface area contributed by atoms with Crippen LogP contribution in [-0.4, -0.2) is 46.2 Å². The molecule has 35 heavy (non-hydrogen) atoms. The van der Waals surface area contributed by atoms with E-state index in [0.29, 0.717) is 29.1 Å². The van der Waals surface area contributed by atoms with Crippen molar-refractivity contribution in [2.45, 2.75) is 51.7 Å². The monoisotopic (exact) mass is 494 g/mol. The van der Waals surface area contributed by atoms with E-state index in [1.165, 1.54) is 23.5 Å². The zero-order chi connectivity index (χ0) is 24.9. The Morgan fingerprint density at radius 2 is 1.83 bits per heavy atom. The van der Waals surface area contributed by atoms with E-state index >= 15 is 0 Å². The van der Waals surface area contributed by atoms with Gasteiger partial charge in [0.05, 0.1) is 16.3 Å². The molecule has 1 aliphatic heterocycles. The van der Waals surface area contributed by atoms with E-state index in [1.54, 1.807) is 48.2 Å². The molecule has 1 saturated heterocycles. The van der Waals surface area contributed by atoms with Crippen LogP contribution in [0.1, 0.15) is 58.5 Å². The quantitative estimate of drug-likeness (QED) is 0.322. The molecule has 2 unspecified atom stereocenters. The second kappa shape index (κ2) is 10.9. The third-order valence-corrected chi connectivity index (χ3v) is 7.09. The highest BCUT2D eigenvalue weighted by atomic mass is 32.1. The van der Waals surface area contributed by atoms with E-state index in [4.69, 9.17) is 4.74 Å². The van der Waals surface area contributed by atoms with Crippen molar-refractivity contribution in [3.8, 4) is 10.4 Å². The summed E-state index contributed by atoms with van der Waals surface area (Å²) in [6, 6.07) is 14.3. The van der Waals surface area contributed by atoms with E-state index in [9.17, 15) is 18.8 Å². The van der Waals surface area contributed by atoms with Gasteiger partial charge in [0, 0.05) is 18.2 Å². The van der Waals surface area contributed by atoms with Crippen molar-refractivity contribution >= 4 is 29.0 Å². The smallest absolute Gasteiger partial charge is 0.308 e. The highest BCUT2D eigenvalue weighted by Gasteiger charge is 2.33. The number of benzene rings is 2. The standard InChI is InChI=1S/C27H27FN2O4S/c1-17(25(32)19-8-4-3-5-9-19)34-23(31)16-22-10-6-7-15-30(22)27(33)24-26(35-18(2)29-24)20-11-13-21(28)14-12-20/h3-5,8-9,11-14,17,22H,6-7,10,15-16H2,1-2H3. The molecule has 1 fully saturated rings. The molecule has 0 N–H and O–H groups in total. The molecule has 2 heterocycles. The number of amides is 1.